The largest absolute Gasteiger partial charge is 0.477 e. The Labute approximate surface area is 182 Å². The molecule has 4 rings (SSSR count). The van der Waals surface area contributed by atoms with Gasteiger partial charge in [0.15, 0.2) is 10.8 Å². The van der Waals surface area contributed by atoms with Crippen molar-refractivity contribution in [2.24, 2.45) is 5.16 Å². The molecule has 1 aromatic heterocycles. The lowest BCUT2D eigenvalue weighted by Crippen LogP contribution is -2.63. The topological polar surface area (TPSA) is 167 Å². The Kier molecular flexibility index (Phi) is 5.90. The fourth-order valence-corrected chi connectivity index (χ4v) is 6.80. The van der Waals surface area contributed by atoms with Crippen molar-refractivity contribution in [3.63, 3.8) is 0 Å². The van der Waals surface area contributed by atoms with Gasteiger partial charge in [-0.2, -0.15) is 0 Å². The molecule has 0 saturated carbocycles. The lowest BCUT2D eigenvalue weighted by atomic mass is 10.1. The van der Waals surface area contributed by atoms with Gasteiger partial charge in [0.25, 0.3) is 5.91 Å². The van der Waals surface area contributed by atoms with Gasteiger partial charge in [-0.3, -0.25) is 14.5 Å². The number of carboxylic acid groups (broad SMARTS) is 1. The number of oxime groups is 1. The molecule has 14 heteroatoms. The second kappa shape index (κ2) is 8.45. The van der Waals surface area contributed by atoms with Gasteiger partial charge in [-0.05, 0) is 12.5 Å². The Morgan fingerprint density at radius 3 is 2.93 bits per heavy atom. The van der Waals surface area contributed by atoms with Crippen LogP contribution in [0.25, 0.3) is 0 Å². The Hall–Kier alpha value is -2.29. The first-order valence-corrected chi connectivity index (χ1v) is 11.7. The number of thioether (sulfide) groups is 2. The number of nitrogens with zero attached hydrogens (tertiary/aromatic N) is 3. The summed E-state index contributed by atoms with van der Waals surface area (Å²) in [6, 6.07) is 0. The number of ether oxygens (including phenoxy) is 1. The lowest BCUT2D eigenvalue weighted by molar-refractivity contribution is -0.145. The summed E-state index contributed by atoms with van der Waals surface area (Å²) in [5.41, 5.74) is 5.44. The molecule has 160 valence electrons. The van der Waals surface area contributed by atoms with E-state index in [1.165, 1.54) is 39.9 Å². The molecule has 2 amide bonds. The summed E-state index contributed by atoms with van der Waals surface area (Å²) in [5.74, 6) is -1.55. The molecule has 2 fully saturated rings. The Bertz CT molecular complexity index is 950. The fraction of sp³-hybridized carbons (Fsp3) is 0.438. The number of carbonyl (C=O) groups is 3. The van der Waals surface area contributed by atoms with Crippen molar-refractivity contribution >= 4 is 63.5 Å². The third-order valence-corrected chi connectivity index (χ3v) is 8.34. The lowest BCUT2D eigenvalue weighted by Gasteiger charge is -2.48. The number of nitrogens with one attached hydrogen (secondary N) is 1. The number of carbonyl (C=O) groups excluding carboxylic acids is 2. The van der Waals surface area contributed by atoms with Crippen molar-refractivity contribution in [2.75, 3.05) is 18.1 Å². The van der Waals surface area contributed by atoms with E-state index in [4.69, 9.17) is 10.5 Å². The van der Waals surface area contributed by atoms with Crippen LogP contribution in [0.3, 0.4) is 0 Å². The van der Waals surface area contributed by atoms with Crippen molar-refractivity contribution < 1.29 is 29.4 Å². The first-order chi connectivity index (χ1) is 14.4. The zero-order chi connectivity index (χ0) is 21.4. The van der Waals surface area contributed by atoms with Gasteiger partial charge in [0, 0.05) is 11.1 Å². The van der Waals surface area contributed by atoms with Crippen LogP contribution in [0, 0.1) is 0 Å². The van der Waals surface area contributed by atoms with Crippen LogP contribution in [0.4, 0.5) is 5.13 Å². The number of thiazole rings is 1. The first kappa shape index (κ1) is 21.0. The summed E-state index contributed by atoms with van der Waals surface area (Å²) in [6.07, 6.45) is 1.44. The maximum atomic E-state index is 12.6. The number of aromatic nitrogens is 1. The second-order valence-corrected chi connectivity index (χ2v) is 9.92. The number of aliphatic carboxylic acids is 1. The molecule has 1 aromatic rings. The molecule has 30 heavy (non-hydrogen) atoms. The van der Waals surface area contributed by atoms with Crippen molar-refractivity contribution in [2.45, 2.75) is 28.5 Å². The van der Waals surface area contributed by atoms with Crippen LogP contribution < -0.4 is 11.1 Å². The number of nitrogen functional groups attached to an aromatic ring is 1. The normalized spacial score (nSPS) is 28.5. The highest BCUT2D eigenvalue weighted by molar-refractivity contribution is 8.05. The summed E-state index contributed by atoms with van der Waals surface area (Å²) in [4.78, 5) is 41.7. The van der Waals surface area contributed by atoms with Crippen LogP contribution in [0.5, 0.6) is 0 Å². The molecule has 3 aliphatic heterocycles. The minimum atomic E-state index is -1.12. The quantitative estimate of drug-likeness (QED) is 0.194. The summed E-state index contributed by atoms with van der Waals surface area (Å²) < 4.78 is 5.60. The second-order valence-electron chi connectivity index (χ2n) is 6.49. The maximum absolute atomic E-state index is 12.6. The number of anilines is 1. The fourth-order valence-electron chi connectivity index (χ4n) is 3.33. The molecule has 3 aliphatic rings. The standard InChI is InChI=1S/C16H17N5O6S3/c17-16-18-6(5-29-16)9(20-26)11(22)19-12-8(1-3-27-12)30-10-13(23)21-7(15(24)25)2-4-28-14(10)21/h2,5,8,10,12,14,26H,1,3-4H2,(H2,17,18)(H,19,22)(H,24,25)/b20-9-. The van der Waals surface area contributed by atoms with Gasteiger partial charge in [-0.15, -0.1) is 34.9 Å². The van der Waals surface area contributed by atoms with E-state index in [0.29, 0.717) is 18.8 Å². The third-order valence-electron chi connectivity index (χ3n) is 4.73. The van der Waals surface area contributed by atoms with E-state index in [9.17, 15) is 24.7 Å². The van der Waals surface area contributed by atoms with Gasteiger partial charge in [-0.25, -0.2) is 9.78 Å². The van der Waals surface area contributed by atoms with E-state index in [0.717, 1.165) is 11.3 Å². The van der Waals surface area contributed by atoms with Crippen molar-refractivity contribution in [1.82, 2.24) is 15.2 Å². The third kappa shape index (κ3) is 3.75. The number of amides is 2. The number of hydrogen-bond donors (Lipinski definition) is 4. The molecule has 0 aliphatic carbocycles. The molecular formula is C16H17N5O6S3. The van der Waals surface area contributed by atoms with Crippen LogP contribution in [-0.2, 0) is 19.1 Å². The summed E-state index contributed by atoms with van der Waals surface area (Å²) in [7, 11) is 0. The smallest absolute Gasteiger partial charge is 0.352 e. The van der Waals surface area contributed by atoms with E-state index in [2.05, 4.69) is 15.5 Å². The molecule has 4 unspecified atom stereocenters. The highest BCUT2D eigenvalue weighted by Gasteiger charge is 2.54. The maximum Gasteiger partial charge on any atom is 0.352 e. The molecule has 4 heterocycles. The molecule has 0 radical (unpaired) electrons. The number of carboxylic acids is 1. The minimum Gasteiger partial charge on any atom is -0.477 e. The van der Waals surface area contributed by atoms with Gasteiger partial charge >= 0.3 is 5.97 Å². The molecule has 4 atom stereocenters. The van der Waals surface area contributed by atoms with Crippen LogP contribution in [0.1, 0.15) is 12.1 Å². The highest BCUT2D eigenvalue weighted by atomic mass is 32.2. The van der Waals surface area contributed by atoms with Gasteiger partial charge in [-0.1, -0.05) is 5.16 Å². The number of nitrogens with two attached hydrogens (primary N) is 1. The van der Waals surface area contributed by atoms with E-state index < -0.39 is 23.4 Å². The average Bonchev–Trinajstić information content (AvgIpc) is 3.34. The van der Waals surface area contributed by atoms with Gasteiger partial charge in [0.1, 0.15) is 28.2 Å². The van der Waals surface area contributed by atoms with Gasteiger partial charge < -0.3 is 26.1 Å². The van der Waals surface area contributed by atoms with Gasteiger partial charge in [0.2, 0.25) is 5.91 Å². The zero-order valence-electron chi connectivity index (χ0n) is 15.3. The van der Waals surface area contributed by atoms with E-state index >= 15 is 0 Å². The molecule has 5 N–H and O–H groups in total. The van der Waals surface area contributed by atoms with E-state index in [1.54, 1.807) is 0 Å². The predicted octanol–water partition coefficient (Wildman–Crippen LogP) is 0.120. The van der Waals surface area contributed by atoms with Crippen LogP contribution >= 0.6 is 34.9 Å². The molecule has 0 spiro atoms. The molecule has 11 nitrogen and oxygen atoms in total. The van der Waals surface area contributed by atoms with Crippen LogP contribution in [0.15, 0.2) is 22.3 Å². The van der Waals surface area contributed by atoms with Crippen LogP contribution in [-0.4, -0.2) is 78.2 Å². The van der Waals surface area contributed by atoms with E-state index in [-0.39, 0.29) is 38.8 Å². The Morgan fingerprint density at radius 2 is 2.27 bits per heavy atom. The van der Waals surface area contributed by atoms with Crippen molar-refractivity contribution in [3.05, 3.63) is 22.8 Å². The summed E-state index contributed by atoms with van der Waals surface area (Å²) >= 11 is 3.97. The first-order valence-electron chi connectivity index (χ1n) is 8.80. The van der Waals surface area contributed by atoms with E-state index in [1.807, 2.05) is 0 Å². The molecule has 0 bridgehead atoms. The number of rotatable bonds is 6. The minimum absolute atomic E-state index is 0.0134. The average molecular weight is 472 g/mol. The van der Waals surface area contributed by atoms with Crippen molar-refractivity contribution in [3.8, 4) is 0 Å². The summed E-state index contributed by atoms with van der Waals surface area (Å²) in [5, 5.41) is 25.0. The van der Waals surface area contributed by atoms with Crippen LogP contribution in [0.2, 0.25) is 0 Å². The van der Waals surface area contributed by atoms with Gasteiger partial charge in [0.05, 0.1) is 11.9 Å². The number of hydrogen-bond acceptors (Lipinski definition) is 11. The zero-order valence-corrected chi connectivity index (χ0v) is 17.7. The number of fused-ring (bicyclic) bond motifs is 1. The monoisotopic (exact) mass is 471 g/mol. The number of β-lactam (4-membered cyclic amide) rings is 1. The van der Waals surface area contributed by atoms with Crippen molar-refractivity contribution in [1.29, 1.82) is 0 Å². The molecule has 0 aromatic carbocycles. The SMILES string of the molecule is Nc1nc(/C(=N/O)C(=O)NC2OCCC2SC2C(=O)N3C(C(=O)O)=CCSC23)cs1. The highest BCUT2D eigenvalue weighted by Crippen LogP contribution is 2.46. The predicted molar refractivity (Wildman–Crippen MR) is 111 cm³/mol. The Balaban J connectivity index is 1.40. The molecular weight excluding hydrogens is 454 g/mol. The Morgan fingerprint density at radius 1 is 1.47 bits per heavy atom. The summed E-state index contributed by atoms with van der Waals surface area (Å²) in [6.45, 7) is 0.389. The molecule has 2 saturated heterocycles.